The summed E-state index contributed by atoms with van der Waals surface area (Å²) in [6.45, 7) is -2.95. The summed E-state index contributed by atoms with van der Waals surface area (Å²) in [5.41, 5.74) is 1.05. The van der Waals surface area contributed by atoms with E-state index in [1.165, 1.54) is 30.5 Å². The van der Waals surface area contributed by atoms with Crippen LogP contribution in [0, 0.1) is 0 Å². The van der Waals surface area contributed by atoms with Crippen molar-refractivity contribution in [3.8, 4) is 5.75 Å². The summed E-state index contributed by atoms with van der Waals surface area (Å²) in [5.74, 6) is 0.0708. The van der Waals surface area contributed by atoms with Crippen molar-refractivity contribution in [3.63, 3.8) is 0 Å². The van der Waals surface area contributed by atoms with Crippen molar-refractivity contribution in [2.24, 2.45) is 0 Å². The second-order valence-corrected chi connectivity index (χ2v) is 5.24. The van der Waals surface area contributed by atoms with E-state index in [1.54, 1.807) is 12.1 Å². The second kappa shape index (κ2) is 7.61. The predicted molar refractivity (Wildman–Crippen MR) is 87.5 cm³/mol. The van der Waals surface area contributed by atoms with E-state index in [0.717, 1.165) is 5.56 Å². The Morgan fingerprint density at radius 2 is 1.80 bits per heavy atom. The van der Waals surface area contributed by atoms with Crippen molar-refractivity contribution in [2.75, 3.05) is 0 Å². The lowest BCUT2D eigenvalue weighted by Gasteiger charge is -2.17. The third-order valence-corrected chi connectivity index (χ3v) is 3.56. The van der Waals surface area contributed by atoms with Gasteiger partial charge in [0.1, 0.15) is 17.6 Å². The fourth-order valence-electron chi connectivity index (χ4n) is 2.45. The fraction of sp³-hybridized carbons (Fsp3) is 0.105. The Labute approximate surface area is 143 Å². The summed E-state index contributed by atoms with van der Waals surface area (Å²) in [4.78, 5) is 12.6. The Balaban J connectivity index is 1.84. The number of carbonyl (C=O) groups is 1. The number of halogens is 2. The fourth-order valence-corrected chi connectivity index (χ4v) is 2.45. The standard InChI is InChI=1S/C19H15F2NO3/c20-19(21)25-15-9-4-8-14(12-15)18(23)22-17(16-10-5-11-24-16)13-6-2-1-3-7-13/h1-12,17,19H,(H,22,23). The van der Waals surface area contributed by atoms with Crippen LogP contribution < -0.4 is 10.1 Å². The van der Waals surface area contributed by atoms with Gasteiger partial charge in [-0.3, -0.25) is 4.79 Å². The summed E-state index contributed by atoms with van der Waals surface area (Å²) in [7, 11) is 0. The maximum absolute atomic E-state index is 12.6. The van der Waals surface area contributed by atoms with Crippen LogP contribution in [0.4, 0.5) is 8.78 Å². The average molecular weight is 343 g/mol. The van der Waals surface area contributed by atoms with Gasteiger partial charge in [0, 0.05) is 5.56 Å². The lowest BCUT2D eigenvalue weighted by atomic mass is 10.0. The van der Waals surface area contributed by atoms with Crippen molar-refractivity contribution in [1.82, 2.24) is 5.32 Å². The Bertz CT molecular complexity index is 820. The molecule has 0 aliphatic heterocycles. The first-order valence-corrected chi connectivity index (χ1v) is 7.57. The molecule has 3 aromatic rings. The van der Waals surface area contributed by atoms with Crippen molar-refractivity contribution >= 4 is 5.91 Å². The van der Waals surface area contributed by atoms with Crippen molar-refractivity contribution in [3.05, 3.63) is 89.9 Å². The summed E-state index contributed by atoms with van der Waals surface area (Å²) < 4.78 is 34.4. The monoisotopic (exact) mass is 343 g/mol. The van der Waals surface area contributed by atoms with Gasteiger partial charge in [0.2, 0.25) is 0 Å². The molecule has 0 spiro atoms. The van der Waals surface area contributed by atoms with Crippen LogP contribution in [0.5, 0.6) is 5.75 Å². The van der Waals surface area contributed by atoms with Crippen LogP contribution in [0.1, 0.15) is 27.7 Å². The van der Waals surface area contributed by atoms with E-state index in [4.69, 9.17) is 4.42 Å². The molecule has 1 unspecified atom stereocenters. The van der Waals surface area contributed by atoms with Crippen LogP contribution in [-0.2, 0) is 0 Å². The topological polar surface area (TPSA) is 51.5 Å². The van der Waals surface area contributed by atoms with Gasteiger partial charge >= 0.3 is 6.61 Å². The van der Waals surface area contributed by atoms with E-state index >= 15 is 0 Å². The van der Waals surface area contributed by atoms with Gasteiger partial charge in [-0.1, -0.05) is 36.4 Å². The number of ether oxygens (including phenoxy) is 1. The largest absolute Gasteiger partial charge is 0.467 e. The molecule has 0 aliphatic carbocycles. The quantitative estimate of drug-likeness (QED) is 0.722. The van der Waals surface area contributed by atoms with Crippen molar-refractivity contribution in [2.45, 2.75) is 12.7 Å². The van der Waals surface area contributed by atoms with Crippen LogP contribution in [0.3, 0.4) is 0 Å². The van der Waals surface area contributed by atoms with Crippen molar-refractivity contribution < 1.29 is 22.7 Å². The number of nitrogens with one attached hydrogen (secondary N) is 1. The SMILES string of the molecule is O=C(NC(c1ccccc1)c1ccco1)c1cccc(OC(F)F)c1. The average Bonchev–Trinajstić information content (AvgIpc) is 3.14. The van der Waals surface area contributed by atoms with Crippen LogP contribution >= 0.6 is 0 Å². The highest BCUT2D eigenvalue weighted by Gasteiger charge is 2.20. The molecular formula is C19H15F2NO3. The van der Waals surface area contributed by atoms with E-state index in [-0.39, 0.29) is 11.3 Å². The Hall–Kier alpha value is -3.15. The first kappa shape index (κ1) is 16.7. The summed E-state index contributed by atoms with van der Waals surface area (Å²) in [6, 6.07) is 17.9. The molecule has 4 nitrogen and oxygen atoms in total. The zero-order valence-electron chi connectivity index (χ0n) is 13.1. The Kier molecular flexibility index (Phi) is 5.09. The van der Waals surface area contributed by atoms with Crippen LogP contribution in [0.15, 0.2) is 77.4 Å². The molecule has 0 saturated carbocycles. The number of amides is 1. The number of furan rings is 1. The molecule has 1 N–H and O–H groups in total. The molecule has 1 heterocycles. The number of hydrogen-bond donors (Lipinski definition) is 1. The van der Waals surface area contributed by atoms with Gasteiger partial charge in [-0.25, -0.2) is 0 Å². The van der Waals surface area contributed by atoms with E-state index in [2.05, 4.69) is 10.1 Å². The molecule has 2 aromatic carbocycles. The van der Waals surface area contributed by atoms with E-state index in [0.29, 0.717) is 5.76 Å². The molecule has 3 rings (SSSR count). The van der Waals surface area contributed by atoms with E-state index < -0.39 is 18.6 Å². The molecule has 1 amide bonds. The van der Waals surface area contributed by atoms with Gasteiger partial charge in [-0.15, -0.1) is 0 Å². The van der Waals surface area contributed by atoms with Gasteiger partial charge in [-0.05, 0) is 35.9 Å². The lowest BCUT2D eigenvalue weighted by Crippen LogP contribution is -2.29. The Morgan fingerprint density at radius 1 is 1.00 bits per heavy atom. The molecule has 6 heteroatoms. The van der Waals surface area contributed by atoms with Crippen LogP contribution in [0.2, 0.25) is 0 Å². The highest BCUT2D eigenvalue weighted by molar-refractivity contribution is 5.95. The first-order valence-electron chi connectivity index (χ1n) is 7.57. The molecule has 128 valence electrons. The normalized spacial score (nSPS) is 12.0. The van der Waals surface area contributed by atoms with Gasteiger partial charge in [-0.2, -0.15) is 8.78 Å². The number of hydrogen-bond acceptors (Lipinski definition) is 3. The molecule has 0 saturated heterocycles. The van der Waals surface area contributed by atoms with Gasteiger partial charge in [0.25, 0.3) is 5.91 Å². The third-order valence-electron chi connectivity index (χ3n) is 3.56. The Morgan fingerprint density at radius 3 is 2.48 bits per heavy atom. The zero-order valence-corrected chi connectivity index (χ0v) is 13.1. The molecule has 0 aliphatic rings. The molecule has 1 aromatic heterocycles. The molecule has 0 bridgehead atoms. The van der Waals surface area contributed by atoms with Crippen LogP contribution in [0.25, 0.3) is 0 Å². The number of alkyl halides is 2. The molecule has 0 radical (unpaired) electrons. The molecule has 0 fully saturated rings. The highest BCUT2D eigenvalue weighted by atomic mass is 19.3. The number of carbonyl (C=O) groups excluding carboxylic acids is 1. The summed E-state index contributed by atoms with van der Waals surface area (Å²) in [5, 5.41) is 2.86. The second-order valence-electron chi connectivity index (χ2n) is 5.24. The van der Waals surface area contributed by atoms with Gasteiger partial charge < -0.3 is 14.5 Å². The molecule has 1 atom stereocenters. The number of benzene rings is 2. The van der Waals surface area contributed by atoms with E-state index in [9.17, 15) is 13.6 Å². The highest BCUT2D eigenvalue weighted by Crippen LogP contribution is 2.23. The molecular weight excluding hydrogens is 328 g/mol. The van der Waals surface area contributed by atoms with Gasteiger partial charge in [0.05, 0.1) is 6.26 Å². The van der Waals surface area contributed by atoms with Crippen LogP contribution in [-0.4, -0.2) is 12.5 Å². The maximum Gasteiger partial charge on any atom is 0.387 e. The summed E-state index contributed by atoms with van der Waals surface area (Å²) >= 11 is 0. The lowest BCUT2D eigenvalue weighted by molar-refractivity contribution is -0.0498. The minimum Gasteiger partial charge on any atom is -0.467 e. The minimum absolute atomic E-state index is 0.0723. The van der Waals surface area contributed by atoms with Gasteiger partial charge in [0.15, 0.2) is 0 Å². The minimum atomic E-state index is -2.95. The third kappa shape index (κ3) is 4.23. The maximum atomic E-state index is 12.6. The molecule has 25 heavy (non-hydrogen) atoms. The summed E-state index contributed by atoms with van der Waals surface area (Å²) in [6.07, 6.45) is 1.52. The number of rotatable bonds is 6. The van der Waals surface area contributed by atoms with E-state index in [1.807, 2.05) is 30.3 Å². The zero-order chi connectivity index (χ0) is 17.6. The predicted octanol–water partition coefficient (Wildman–Crippen LogP) is 4.40. The smallest absolute Gasteiger partial charge is 0.387 e. The van der Waals surface area contributed by atoms with Crippen molar-refractivity contribution in [1.29, 1.82) is 0 Å². The first-order chi connectivity index (χ1) is 12.1.